The number of methoxy groups -OCH3 is 1. The second kappa shape index (κ2) is 5.56. The Morgan fingerprint density at radius 2 is 2.28 bits per heavy atom. The van der Waals surface area contributed by atoms with Gasteiger partial charge in [-0.1, -0.05) is 0 Å². The Balaban J connectivity index is 2.99. The summed E-state index contributed by atoms with van der Waals surface area (Å²) < 4.78 is 4.76. The van der Waals surface area contributed by atoms with E-state index in [1.807, 2.05) is 0 Å². The molecule has 0 saturated heterocycles. The number of ether oxygens (including phenoxy) is 1. The number of hydrogen-bond donors (Lipinski definition) is 3. The minimum Gasteiger partial charge on any atom is -0.476 e. The van der Waals surface area contributed by atoms with Crippen LogP contribution in [0.3, 0.4) is 0 Å². The molecule has 0 bridgehead atoms. The molecule has 18 heavy (non-hydrogen) atoms. The van der Waals surface area contributed by atoms with Gasteiger partial charge >= 0.3 is 5.69 Å². The molecule has 0 spiro atoms. The lowest BCUT2D eigenvalue weighted by Gasteiger charge is -2.20. The summed E-state index contributed by atoms with van der Waals surface area (Å²) in [7, 11) is 1.25. The van der Waals surface area contributed by atoms with Gasteiger partial charge in [0.25, 0.3) is 5.88 Å². The van der Waals surface area contributed by atoms with E-state index in [1.165, 1.54) is 14.0 Å². The van der Waals surface area contributed by atoms with Gasteiger partial charge in [0.05, 0.1) is 18.6 Å². The minimum atomic E-state index is -1.41. The number of nitrogens with zero attached hydrogens (tertiary/aromatic N) is 3. The Labute approximate surface area is 103 Å². The van der Waals surface area contributed by atoms with Crippen LogP contribution in [0.5, 0.6) is 5.88 Å². The Morgan fingerprint density at radius 1 is 1.61 bits per heavy atom. The van der Waals surface area contributed by atoms with Gasteiger partial charge in [0.15, 0.2) is 0 Å². The summed E-state index contributed by atoms with van der Waals surface area (Å²) in [5.41, 5.74) is -1.83. The van der Waals surface area contributed by atoms with E-state index in [0.29, 0.717) is 0 Å². The van der Waals surface area contributed by atoms with Gasteiger partial charge in [0.1, 0.15) is 11.9 Å². The van der Waals surface area contributed by atoms with Crippen LogP contribution in [0.1, 0.15) is 6.92 Å². The summed E-state index contributed by atoms with van der Waals surface area (Å²) in [5.74, 6) is -0.262. The Hall–Kier alpha value is -2.00. The molecule has 1 atom stereocenters. The van der Waals surface area contributed by atoms with Gasteiger partial charge in [-0.3, -0.25) is 10.1 Å². The van der Waals surface area contributed by atoms with Crippen LogP contribution in [-0.4, -0.2) is 51.0 Å². The van der Waals surface area contributed by atoms with Crippen molar-refractivity contribution in [3.05, 3.63) is 16.4 Å². The molecule has 0 amide bonds. The third-order valence-corrected chi connectivity index (χ3v) is 2.14. The van der Waals surface area contributed by atoms with E-state index in [0.717, 1.165) is 6.33 Å². The van der Waals surface area contributed by atoms with Gasteiger partial charge in [-0.25, -0.2) is 4.98 Å². The van der Waals surface area contributed by atoms with Gasteiger partial charge in [-0.15, -0.1) is 0 Å². The average Bonchev–Trinajstić information content (AvgIpc) is 2.35. The molecule has 1 aromatic rings. The topological polar surface area (TPSA) is 131 Å². The van der Waals surface area contributed by atoms with Crippen molar-refractivity contribution in [2.45, 2.75) is 12.5 Å². The molecule has 9 nitrogen and oxygen atoms in total. The van der Waals surface area contributed by atoms with Gasteiger partial charge in [-0.2, -0.15) is 4.98 Å². The molecule has 0 aliphatic rings. The van der Waals surface area contributed by atoms with E-state index >= 15 is 0 Å². The molecule has 9 heteroatoms. The van der Waals surface area contributed by atoms with Crippen molar-refractivity contribution in [1.29, 1.82) is 0 Å². The van der Waals surface area contributed by atoms with Crippen LogP contribution in [0.4, 0.5) is 11.5 Å². The number of anilines is 1. The molecule has 100 valence electrons. The van der Waals surface area contributed by atoms with E-state index in [2.05, 4.69) is 15.3 Å². The lowest BCUT2D eigenvalue weighted by Crippen LogP contribution is -2.37. The predicted molar refractivity (Wildman–Crippen MR) is 61.4 cm³/mol. The smallest absolute Gasteiger partial charge is 0.372 e. The fourth-order valence-electron chi connectivity index (χ4n) is 1.14. The second-order valence-corrected chi connectivity index (χ2v) is 3.85. The predicted octanol–water partition coefficient (Wildman–Crippen LogP) is -0.451. The fourth-order valence-corrected chi connectivity index (χ4v) is 1.14. The van der Waals surface area contributed by atoms with E-state index in [1.54, 1.807) is 0 Å². The average molecular weight is 258 g/mol. The largest absolute Gasteiger partial charge is 0.476 e. The molecule has 0 aliphatic carbocycles. The van der Waals surface area contributed by atoms with Crippen molar-refractivity contribution < 1.29 is 19.9 Å². The van der Waals surface area contributed by atoms with Crippen LogP contribution in [0, 0.1) is 10.1 Å². The molecule has 0 fully saturated rings. The lowest BCUT2D eigenvalue weighted by molar-refractivity contribution is -0.385. The van der Waals surface area contributed by atoms with Crippen LogP contribution in [-0.2, 0) is 0 Å². The Bertz CT molecular complexity index is 437. The zero-order valence-electron chi connectivity index (χ0n) is 9.95. The highest BCUT2D eigenvalue weighted by Crippen LogP contribution is 2.30. The monoisotopic (exact) mass is 258 g/mol. The van der Waals surface area contributed by atoms with Crippen LogP contribution >= 0.6 is 0 Å². The molecule has 1 unspecified atom stereocenters. The lowest BCUT2D eigenvalue weighted by atomic mass is 10.1. The molecular weight excluding hydrogens is 244 g/mol. The summed E-state index contributed by atoms with van der Waals surface area (Å²) in [4.78, 5) is 17.5. The molecule has 0 radical (unpaired) electrons. The standard InChI is InChI=1S/C9H14N4O5/c1-9(15,4-14)3-10-7-6(13(16)17)8(18-2)12-5-11-7/h5,14-15H,3-4H2,1-2H3,(H,10,11,12). The van der Waals surface area contributed by atoms with Gasteiger partial charge in [0.2, 0.25) is 5.82 Å². The van der Waals surface area contributed by atoms with Crippen LogP contribution in [0.25, 0.3) is 0 Å². The normalized spacial score (nSPS) is 13.8. The quantitative estimate of drug-likeness (QED) is 0.462. The molecular formula is C9H14N4O5. The van der Waals surface area contributed by atoms with Crippen molar-refractivity contribution in [2.75, 3.05) is 25.6 Å². The van der Waals surface area contributed by atoms with Crippen molar-refractivity contribution in [2.24, 2.45) is 0 Å². The maximum atomic E-state index is 10.9. The van der Waals surface area contributed by atoms with E-state index in [-0.39, 0.29) is 18.2 Å². The summed E-state index contributed by atoms with van der Waals surface area (Å²) in [6.07, 6.45) is 1.10. The number of aromatic nitrogens is 2. The molecule has 0 saturated carbocycles. The maximum Gasteiger partial charge on any atom is 0.372 e. The first-order chi connectivity index (χ1) is 8.41. The SMILES string of the molecule is COc1ncnc(NCC(C)(O)CO)c1[N+](=O)[O-]. The minimum absolute atomic E-state index is 0.0828. The second-order valence-electron chi connectivity index (χ2n) is 3.85. The number of rotatable bonds is 6. The van der Waals surface area contributed by atoms with Crippen LogP contribution in [0.2, 0.25) is 0 Å². The summed E-state index contributed by atoms with van der Waals surface area (Å²) in [6.45, 7) is 0.783. The number of aliphatic hydroxyl groups excluding tert-OH is 1. The maximum absolute atomic E-state index is 10.9. The molecule has 0 aromatic carbocycles. The van der Waals surface area contributed by atoms with Gasteiger partial charge in [0, 0.05) is 6.54 Å². The molecule has 3 N–H and O–H groups in total. The van der Waals surface area contributed by atoms with Crippen LogP contribution < -0.4 is 10.1 Å². The van der Waals surface area contributed by atoms with E-state index < -0.39 is 22.8 Å². The van der Waals surface area contributed by atoms with E-state index in [4.69, 9.17) is 9.84 Å². The highest BCUT2D eigenvalue weighted by molar-refractivity contribution is 5.61. The Morgan fingerprint density at radius 3 is 2.78 bits per heavy atom. The first-order valence-corrected chi connectivity index (χ1v) is 5.02. The number of nitrogens with one attached hydrogen (secondary N) is 1. The van der Waals surface area contributed by atoms with Gasteiger partial charge < -0.3 is 20.3 Å². The van der Waals surface area contributed by atoms with Crippen molar-refractivity contribution in [3.63, 3.8) is 0 Å². The highest BCUT2D eigenvalue weighted by Gasteiger charge is 2.26. The van der Waals surface area contributed by atoms with Crippen molar-refractivity contribution in [1.82, 2.24) is 9.97 Å². The van der Waals surface area contributed by atoms with Gasteiger partial charge in [-0.05, 0) is 6.92 Å². The third-order valence-electron chi connectivity index (χ3n) is 2.14. The number of aliphatic hydroxyl groups is 2. The zero-order chi connectivity index (χ0) is 13.8. The molecule has 1 aromatic heterocycles. The highest BCUT2D eigenvalue weighted by atomic mass is 16.6. The van der Waals surface area contributed by atoms with Crippen molar-refractivity contribution >= 4 is 11.5 Å². The summed E-state index contributed by atoms with van der Waals surface area (Å²) in [5, 5.41) is 31.9. The Kier molecular flexibility index (Phi) is 4.34. The van der Waals surface area contributed by atoms with Crippen LogP contribution in [0.15, 0.2) is 6.33 Å². The molecule has 0 aliphatic heterocycles. The third kappa shape index (κ3) is 3.25. The molecule has 1 rings (SSSR count). The van der Waals surface area contributed by atoms with E-state index in [9.17, 15) is 15.2 Å². The number of hydrogen-bond acceptors (Lipinski definition) is 8. The summed E-state index contributed by atoms with van der Waals surface area (Å²) in [6, 6.07) is 0. The summed E-state index contributed by atoms with van der Waals surface area (Å²) >= 11 is 0. The first kappa shape index (κ1) is 14.1. The first-order valence-electron chi connectivity index (χ1n) is 5.02. The fraction of sp³-hybridized carbons (Fsp3) is 0.556. The van der Waals surface area contributed by atoms with Crippen molar-refractivity contribution in [3.8, 4) is 5.88 Å². The number of nitro groups is 1. The molecule has 1 heterocycles. The zero-order valence-corrected chi connectivity index (χ0v) is 9.95.